The van der Waals surface area contributed by atoms with Crippen LogP contribution in [-0.2, 0) is 0 Å². The van der Waals surface area contributed by atoms with Crippen LogP contribution in [0, 0.1) is 10.7 Å². The van der Waals surface area contributed by atoms with Crippen molar-refractivity contribution in [2.45, 2.75) is 0 Å². The van der Waals surface area contributed by atoms with Crippen LogP contribution in [0.4, 0.5) is 0 Å². The second-order valence-electron chi connectivity index (χ2n) is 0.733. The van der Waals surface area contributed by atoms with E-state index < -0.39 is 0 Å². The molecular weight excluding hydrogens is 176 g/mol. The van der Waals surface area contributed by atoms with Crippen LogP contribution in [0.3, 0.4) is 0 Å². The normalized spacial score (nSPS) is 7.00. The van der Waals surface area contributed by atoms with Gasteiger partial charge in [-0.05, 0) is 12.2 Å². The van der Waals surface area contributed by atoms with Gasteiger partial charge in [0.15, 0.2) is 0 Å². The van der Waals surface area contributed by atoms with Gasteiger partial charge in [0.2, 0.25) is 0 Å². The molecule has 0 saturated carbocycles. The molecule has 0 saturated heterocycles. The molecule has 0 heterocycles. The largest absolute Gasteiger partial charge is 0.448 e. The van der Waals surface area contributed by atoms with Crippen LogP contribution in [0.5, 0.6) is 0 Å². The average Bonchev–Trinajstić information content (AvgIpc) is 1.85. The monoisotopic (exact) mass is 177 g/mol. The van der Waals surface area contributed by atoms with Gasteiger partial charge in [-0.25, -0.2) is 0 Å². The van der Waals surface area contributed by atoms with Gasteiger partial charge in [-0.15, -0.1) is 4.40 Å². The van der Waals surface area contributed by atoms with E-state index in [1.54, 1.807) is 5.40 Å². The minimum Gasteiger partial charge on any atom is -0.258 e. The number of hydrogen-bond donors (Lipinski definition) is 0. The maximum Gasteiger partial charge on any atom is 0.448 e. The van der Waals surface area contributed by atoms with Gasteiger partial charge in [0.05, 0.1) is 5.16 Å². The maximum absolute atomic E-state index is 8.62. The van der Waals surface area contributed by atoms with Crippen molar-refractivity contribution in [2.75, 3.05) is 0 Å². The summed E-state index contributed by atoms with van der Waals surface area (Å²) in [4.78, 5) is 8.62. The Morgan fingerprint density at radius 2 is 2.44 bits per heavy atom. The molecule has 0 aromatic heterocycles. The van der Waals surface area contributed by atoms with E-state index >= 15 is 0 Å². The number of rotatable bonds is 1. The molecule has 3 nitrogen and oxygen atoms in total. The fourth-order valence-corrected chi connectivity index (χ4v) is 0.793. The van der Waals surface area contributed by atoms with Gasteiger partial charge in [-0.3, -0.25) is 4.79 Å². The third-order valence-electron chi connectivity index (χ3n) is 0.294. The predicted octanol–water partition coefficient (Wildman–Crippen LogP) is 1.41. The summed E-state index contributed by atoms with van der Waals surface area (Å²) in [6.07, 6.45) is 0. The zero-order chi connectivity index (χ0) is 7.11. The summed E-state index contributed by atoms with van der Waals surface area (Å²) in [5.74, 6) is 0. The highest BCUT2D eigenvalue weighted by molar-refractivity contribution is 8.39. The summed E-state index contributed by atoms with van der Waals surface area (Å²) >= 11 is 5.56. The summed E-state index contributed by atoms with van der Waals surface area (Å²) < 4.78 is 3.17. The summed E-state index contributed by atoms with van der Waals surface area (Å²) in [5, 5.41) is 11.7. The molecule has 0 spiro atoms. The molecule has 0 aliphatic rings. The van der Waals surface area contributed by atoms with E-state index in [-0.39, 0.29) is 4.45 Å². The molecule has 0 aliphatic heterocycles. The Labute approximate surface area is 65.7 Å². The topological polar surface area (TPSA) is 57.5 Å². The minimum absolute atomic E-state index is 0.144. The van der Waals surface area contributed by atoms with Gasteiger partial charge in [0, 0.05) is 0 Å². The molecule has 0 unspecified atom stereocenters. The van der Waals surface area contributed by atoms with E-state index in [0.717, 1.165) is 11.9 Å². The third kappa shape index (κ3) is 5.53. The fourth-order valence-electron chi connectivity index (χ4n) is 0.115. The van der Waals surface area contributed by atoms with Crippen molar-refractivity contribution in [1.29, 1.82) is 5.26 Å². The van der Waals surface area contributed by atoms with E-state index in [9.17, 15) is 0 Å². The van der Waals surface area contributed by atoms with E-state index in [0.29, 0.717) is 11.8 Å². The number of nitrogens with zero attached hydrogens (tertiary/aromatic N) is 2. The molecule has 1 N–H and O–H groups in total. The number of thioether (sulfide) groups is 1. The lowest BCUT2D eigenvalue weighted by molar-refractivity contribution is 0.699. The van der Waals surface area contributed by atoms with Crippen molar-refractivity contribution in [3.05, 3.63) is 0 Å². The van der Waals surface area contributed by atoms with Gasteiger partial charge in [0.1, 0.15) is 29.1 Å². The third-order valence-corrected chi connectivity index (χ3v) is 1.58. The number of thiocarbonyl (C=S) groups is 1. The quantitative estimate of drug-likeness (QED) is 0.200. The standard InChI is InChI=1S/C3N2OS3/c4-1-8-3(6)9-5-2-7/p+1. The summed E-state index contributed by atoms with van der Waals surface area (Å²) in [6.45, 7) is 0. The molecule has 0 rings (SSSR count). The summed E-state index contributed by atoms with van der Waals surface area (Å²) in [7, 11) is 0. The molecule has 0 aromatic rings. The molecule has 0 aromatic carbocycles. The van der Waals surface area contributed by atoms with Gasteiger partial charge < -0.3 is 0 Å². The first-order chi connectivity index (χ1) is 4.31. The Morgan fingerprint density at radius 1 is 1.78 bits per heavy atom. The van der Waals surface area contributed by atoms with Crippen molar-refractivity contribution in [3.63, 3.8) is 0 Å². The average molecular weight is 177 g/mol. The highest BCUT2D eigenvalue weighted by atomic mass is 32.2. The lowest BCUT2D eigenvalue weighted by Gasteiger charge is -1.71. The van der Waals surface area contributed by atoms with E-state index in [1.807, 2.05) is 5.16 Å². The smallest absolute Gasteiger partial charge is 0.258 e. The van der Waals surface area contributed by atoms with Crippen molar-refractivity contribution >= 4 is 45.5 Å². The summed E-state index contributed by atoms with van der Waals surface area (Å²) in [6, 6.07) is 0. The van der Waals surface area contributed by atoms with Crippen LogP contribution < -0.4 is 0 Å². The predicted molar refractivity (Wildman–Crippen MR) is 42.8 cm³/mol. The molecule has 46 valence electrons. The van der Waals surface area contributed by atoms with Crippen LogP contribution in [0.25, 0.3) is 0 Å². The van der Waals surface area contributed by atoms with Crippen molar-refractivity contribution in [1.82, 2.24) is 0 Å². The number of hydrogen-bond acceptors (Lipinski definition) is 5. The van der Waals surface area contributed by atoms with E-state index in [4.69, 9.17) is 10.1 Å². The SMILES string of the molecule is N#CSC(=[OH+])SN=C=S. The van der Waals surface area contributed by atoms with Crippen LogP contribution in [-0.4, -0.2) is 14.4 Å². The van der Waals surface area contributed by atoms with Gasteiger partial charge >= 0.3 is 4.45 Å². The maximum atomic E-state index is 8.62. The summed E-state index contributed by atoms with van der Waals surface area (Å²) in [5.41, 5.74) is 0. The van der Waals surface area contributed by atoms with Crippen molar-refractivity contribution in [3.8, 4) is 5.40 Å². The van der Waals surface area contributed by atoms with Gasteiger partial charge in [-0.2, -0.15) is 5.26 Å². The molecule has 0 amide bonds. The van der Waals surface area contributed by atoms with Gasteiger partial charge in [-0.1, -0.05) is 0 Å². The number of isothiocyanates is 1. The Kier molecular flexibility index (Phi) is 5.57. The Hall–Kier alpha value is -0.340. The van der Waals surface area contributed by atoms with Crippen LogP contribution in [0.2, 0.25) is 0 Å². The molecular formula is C3HN2OS3+. The Morgan fingerprint density at radius 3 is 2.89 bits per heavy atom. The molecule has 0 atom stereocenters. The number of carbonyl (C=O) groups excluding carboxylic acids is 1. The molecule has 0 bridgehead atoms. The van der Waals surface area contributed by atoms with E-state index in [2.05, 4.69) is 16.6 Å². The second-order valence-corrected chi connectivity index (χ2v) is 2.70. The number of thiocyanates is 1. The molecule has 0 fully saturated rings. The second kappa shape index (κ2) is 5.79. The van der Waals surface area contributed by atoms with Crippen LogP contribution in [0.15, 0.2) is 4.40 Å². The fraction of sp³-hybridized carbons (Fsp3) is 0. The lowest BCUT2D eigenvalue weighted by atomic mass is 11.7. The first kappa shape index (κ1) is 8.66. The van der Waals surface area contributed by atoms with Crippen molar-refractivity contribution < 1.29 is 4.79 Å². The zero-order valence-corrected chi connectivity index (χ0v) is 6.52. The highest BCUT2D eigenvalue weighted by Crippen LogP contribution is 2.12. The Bertz CT molecular complexity index is 190. The molecule has 9 heavy (non-hydrogen) atoms. The first-order valence-electron chi connectivity index (χ1n) is 1.67. The number of nitriles is 1. The molecule has 0 radical (unpaired) electrons. The molecule has 0 aliphatic carbocycles. The minimum atomic E-state index is -0.144. The first-order valence-corrected chi connectivity index (χ1v) is 3.67. The highest BCUT2D eigenvalue weighted by Gasteiger charge is 2.08. The molecule has 6 heteroatoms. The van der Waals surface area contributed by atoms with Crippen LogP contribution >= 0.6 is 35.9 Å². The Balaban J connectivity index is 3.54. The van der Waals surface area contributed by atoms with Crippen molar-refractivity contribution in [2.24, 2.45) is 4.40 Å². The van der Waals surface area contributed by atoms with E-state index in [1.165, 1.54) is 0 Å². The zero-order valence-electron chi connectivity index (χ0n) is 4.07. The van der Waals surface area contributed by atoms with Gasteiger partial charge in [0.25, 0.3) is 0 Å². The van der Waals surface area contributed by atoms with Crippen LogP contribution in [0.1, 0.15) is 0 Å². The lowest BCUT2D eigenvalue weighted by Crippen LogP contribution is -1.75.